The lowest BCUT2D eigenvalue weighted by atomic mass is 9.98. The van der Waals surface area contributed by atoms with Crippen LogP contribution in [0.15, 0.2) is 29.7 Å². The lowest BCUT2D eigenvalue weighted by Gasteiger charge is -2.32. The largest absolute Gasteiger partial charge is 0.396 e. The number of hydrogen-bond donors (Lipinski definition) is 5. The van der Waals surface area contributed by atoms with E-state index in [1.807, 2.05) is 4.90 Å². The van der Waals surface area contributed by atoms with E-state index in [2.05, 4.69) is 25.8 Å². The minimum Gasteiger partial charge on any atom is -0.396 e. The van der Waals surface area contributed by atoms with Gasteiger partial charge in [0.05, 0.1) is 16.4 Å². The van der Waals surface area contributed by atoms with E-state index in [1.165, 1.54) is 12.1 Å². The molecule has 2 aliphatic heterocycles. The molecule has 0 amide bonds. The minimum atomic E-state index is -0.517. The molecule has 0 saturated carbocycles. The van der Waals surface area contributed by atoms with Crippen LogP contribution in [0.3, 0.4) is 0 Å². The van der Waals surface area contributed by atoms with Gasteiger partial charge in [-0.15, -0.1) is 10.2 Å². The SMILES string of the molecule is NC1=C(/C=C(\N)c2nnc(C3CCNCC3)[nH]2)N(Cc2c(Cl)ccc(F)c2Cl)CCN1. The van der Waals surface area contributed by atoms with Crippen LogP contribution in [0.2, 0.25) is 10.0 Å². The van der Waals surface area contributed by atoms with Gasteiger partial charge in [0.25, 0.3) is 0 Å². The third kappa shape index (κ3) is 4.73. The molecule has 0 unspecified atom stereocenters. The van der Waals surface area contributed by atoms with Crippen LogP contribution in [-0.4, -0.2) is 46.3 Å². The number of nitrogens with one attached hydrogen (secondary N) is 3. The topological polar surface area (TPSA) is 121 Å². The molecule has 4 rings (SSSR count). The van der Waals surface area contributed by atoms with E-state index < -0.39 is 5.82 Å². The van der Waals surface area contributed by atoms with Crippen LogP contribution >= 0.6 is 23.2 Å². The molecule has 31 heavy (non-hydrogen) atoms. The molecule has 0 aliphatic carbocycles. The number of aromatic nitrogens is 3. The molecule has 3 heterocycles. The van der Waals surface area contributed by atoms with Gasteiger partial charge in [-0.3, -0.25) is 0 Å². The fraction of sp³-hybridized carbons (Fsp3) is 0.400. The third-order valence-corrected chi connectivity index (χ3v) is 6.36. The summed E-state index contributed by atoms with van der Waals surface area (Å²) in [5.74, 6) is 1.60. The Morgan fingerprint density at radius 2 is 2.00 bits per heavy atom. The average Bonchev–Trinajstić information content (AvgIpc) is 3.27. The molecule has 8 nitrogen and oxygen atoms in total. The lowest BCUT2D eigenvalue weighted by molar-refractivity contribution is 0.321. The highest BCUT2D eigenvalue weighted by molar-refractivity contribution is 6.36. The standard InChI is InChI=1S/C20H25Cl2FN8/c21-13-1-2-14(23)17(22)12(13)10-31-8-7-27-18(25)16(31)9-15(24)20-28-19(29-30-20)11-3-5-26-6-4-11/h1-2,9,11,26-27H,3-8,10,24-25H2,(H,28,29,30)/b15-9-. The van der Waals surface area contributed by atoms with Crippen molar-refractivity contribution in [2.24, 2.45) is 11.5 Å². The Labute approximate surface area is 189 Å². The summed E-state index contributed by atoms with van der Waals surface area (Å²) in [7, 11) is 0. The Morgan fingerprint density at radius 3 is 2.77 bits per heavy atom. The maximum Gasteiger partial charge on any atom is 0.177 e. The molecule has 2 aliphatic rings. The number of piperidine rings is 1. The first-order valence-electron chi connectivity index (χ1n) is 10.2. The van der Waals surface area contributed by atoms with Crippen LogP contribution < -0.4 is 22.1 Å². The van der Waals surface area contributed by atoms with Crippen molar-refractivity contribution < 1.29 is 4.39 Å². The van der Waals surface area contributed by atoms with Crippen molar-refractivity contribution in [3.8, 4) is 0 Å². The minimum absolute atomic E-state index is 0.00255. The summed E-state index contributed by atoms with van der Waals surface area (Å²) in [4.78, 5) is 5.19. The Morgan fingerprint density at radius 1 is 1.23 bits per heavy atom. The average molecular weight is 467 g/mol. The van der Waals surface area contributed by atoms with Gasteiger partial charge in [-0.25, -0.2) is 4.39 Å². The molecular weight excluding hydrogens is 442 g/mol. The summed E-state index contributed by atoms with van der Waals surface area (Å²) in [6, 6.07) is 2.74. The molecule has 1 aromatic heterocycles. The highest BCUT2D eigenvalue weighted by Crippen LogP contribution is 2.30. The predicted octanol–water partition coefficient (Wildman–Crippen LogP) is 2.25. The highest BCUT2D eigenvalue weighted by atomic mass is 35.5. The van der Waals surface area contributed by atoms with Gasteiger partial charge in [-0.05, 0) is 44.1 Å². The second-order valence-electron chi connectivity index (χ2n) is 7.65. The van der Waals surface area contributed by atoms with Gasteiger partial charge in [-0.1, -0.05) is 23.2 Å². The smallest absolute Gasteiger partial charge is 0.177 e. The number of rotatable bonds is 5. The molecule has 0 bridgehead atoms. The van der Waals surface area contributed by atoms with E-state index >= 15 is 0 Å². The van der Waals surface area contributed by atoms with Gasteiger partial charge in [0, 0.05) is 36.1 Å². The highest BCUT2D eigenvalue weighted by Gasteiger charge is 2.23. The van der Waals surface area contributed by atoms with Crippen molar-refractivity contribution in [1.82, 2.24) is 30.7 Å². The number of nitrogens with zero attached hydrogens (tertiary/aromatic N) is 3. The van der Waals surface area contributed by atoms with Crippen molar-refractivity contribution in [3.63, 3.8) is 0 Å². The predicted molar refractivity (Wildman–Crippen MR) is 119 cm³/mol. The van der Waals surface area contributed by atoms with Crippen LogP contribution in [0.1, 0.15) is 36.0 Å². The number of H-pyrrole nitrogens is 1. The van der Waals surface area contributed by atoms with Gasteiger partial charge in [0.15, 0.2) is 5.82 Å². The molecule has 1 aromatic carbocycles. The molecule has 1 saturated heterocycles. The number of halogens is 3. The zero-order valence-corrected chi connectivity index (χ0v) is 18.4. The molecule has 11 heteroatoms. The first-order chi connectivity index (χ1) is 14.9. The normalized spacial score (nSPS) is 18.4. The maximum atomic E-state index is 14.0. The van der Waals surface area contributed by atoms with Crippen LogP contribution in [0.4, 0.5) is 4.39 Å². The Bertz CT molecular complexity index is 1010. The number of nitrogens with two attached hydrogens (primary N) is 2. The summed E-state index contributed by atoms with van der Waals surface area (Å²) < 4.78 is 14.0. The van der Waals surface area contributed by atoms with Crippen molar-refractivity contribution in [3.05, 3.63) is 62.8 Å². The number of benzene rings is 1. The Hall–Kier alpha value is -2.49. The zero-order valence-electron chi connectivity index (χ0n) is 16.9. The van der Waals surface area contributed by atoms with Crippen LogP contribution in [0, 0.1) is 5.82 Å². The second kappa shape index (κ2) is 9.33. The number of allylic oxidation sites excluding steroid dienone is 1. The van der Waals surface area contributed by atoms with E-state index in [1.54, 1.807) is 6.08 Å². The fourth-order valence-corrected chi connectivity index (χ4v) is 4.33. The van der Waals surface area contributed by atoms with Crippen molar-refractivity contribution in [1.29, 1.82) is 0 Å². The van der Waals surface area contributed by atoms with E-state index in [0.29, 0.717) is 52.6 Å². The molecule has 1 fully saturated rings. The summed E-state index contributed by atoms with van der Waals surface area (Å²) in [6.07, 6.45) is 3.74. The van der Waals surface area contributed by atoms with Crippen LogP contribution in [-0.2, 0) is 6.54 Å². The summed E-state index contributed by atoms with van der Waals surface area (Å²) in [5.41, 5.74) is 14.1. The van der Waals surface area contributed by atoms with Crippen LogP contribution in [0.5, 0.6) is 0 Å². The van der Waals surface area contributed by atoms with Crippen LogP contribution in [0.25, 0.3) is 5.70 Å². The number of aromatic amines is 1. The molecule has 166 valence electrons. The maximum absolute atomic E-state index is 14.0. The van der Waals surface area contributed by atoms with Crippen molar-refractivity contribution in [2.45, 2.75) is 25.3 Å². The van der Waals surface area contributed by atoms with E-state index in [4.69, 9.17) is 34.7 Å². The molecular formula is C20H25Cl2FN8. The monoisotopic (exact) mass is 466 g/mol. The lowest BCUT2D eigenvalue weighted by Crippen LogP contribution is -2.41. The quantitative estimate of drug-likeness (QED) is 0.428. The van der Waals surface area contributed by atoms with Gasteiger partial charge in [-0.2, -0.15) is 0 Å². The molecule has 0 radical (unpaired) electrons. The van der Waals surface area contributed by atoms with Gasteiger partial charge in [0.1, 0.15) is 17.5 Å². The summed E-state index contributed by atoms with van der Waals surface area (Å²) in [6.45, 7) is 3.44. The zero-order chi connectivity index (χ0) is 22.0. The molecule has 7 N–H and O–H groups in total. The van der Waals surface area contributed by atoms with E-state index in [0.717, 1.165) is 31.8 Å². The van der Waals surface area contributed by atoms with E-state index in [9.17, 15) is 4.39 Å². The summed E-state index contributed by atoms with van der Waals surface area (Å²) in [5, 5.41) is 15.4. The number of hydrogen-bond acceptors (Lipinski definition) is 7. The second-order valence-corrected chi connectivity index (χ2v) is 8.44. The third-order valence-electron chi connectivity index (χ3n) is 5.60. The first kappa shape index (κ1) is 21.7. The Kier molecular flexibility index (Phi) is 6.54. The summed E-state index contributed by atoms with van der Waals surface area (Å²) >= 11 is 12.4. The van der Waals surface area contributed by atoms with E-state index in [-0.39, 0.29) is 11.6 Å². The molecule has 0 atom stereocenters. The fourth-order valence-electron chi connectivity index (χ4n) is 3.84. The van der Waals surface area contributed by atoms with Gasteiger partial charge in [0.2, 0.25) is 0 Å². The Balaban J connectivity index is 1.58. The van der Waals surface area contributed by atoms with Gasteiger partial charge < -0.3 is 32.0 Å². The van der Waals surface area contributed by atoms with Gasteiger partial charge >= 0.3 is 0 Å². The molecule has 2 aromatic rings. The first-order valence-corrected chi connectivity index (χ1v) is 10.9. The van der Waals surface area contributed by atoms with Crippen molar-refractivity contribution >= 4 is 28.9 Å². The van der Waals surface area contributed by atoms with Crippen molar-refractivity contribution in [2.75, 3.05) is 26.2 Å². The molecule has 0 spiro atoms.